The van der Waals surface area contributed by atoms with Crippen LogP contribution in [0.15, 0.2) is 53.0 Å². The Morgan fingerprint density at radius 1 is 1.18 bits per heavy atom. The van der Waals surface area contributed by atoms with Crippen molar-refractivity contribution in [3.8, 4) is 0 Å². The minimum Gasteiger partial charge on any atom is -0.337 e. The van der Waals surface area contributed by atoms with Crippen molar-refractivity contribution in [2.24, 2.45) is 0 Å². The maximum Gasteiger partial charge on any atom is 0.258 e. The lowest BCUT2D eigenvalue weighted by molar-refractivity contribution is 0.0624. The van der Waals surface area contributed by atoms with Gasteiger partial charge in [-0.2, -0.15) is 0 Å². The molecule has 1 saturated heterocycles. The van der Waals surface area contributed by atoms with Gasteiger partial charge in [0.1, 0.15) is 0 Å². The second-order valence-corrected chi connectivity index (χ2v) is 6.52. The molecule has 2 aromatic rings. The summed E-state index contributed by atoms with van der Waals surface area (Å²) in [4.78, 5) is 17.1. The summed E-state index contributed by atoms with van der Waals surface area (Å²) in [6.07, 6.45) is -0.0543. The highest BCUT2D eigenvalue weighted by Gasteiger charge is 2.39. The molecule has 2 aromatic carbocycles. The van der Waals surface area contributed by atoms with Crippen LogP contribution in [0.3, 0.4) is 0 Å². The van der Waals surface area contributed by atoms with E-state index in [9.17, 15) is 4.79 Å². The van der Waals surface area contributed by atoms with Gasteiger partial charge in [-0.15, -0.1) is 0 Å². The van der Waals surface area contributed by atoms with Crippen LogP contribution in [0.4, 0.5) is 5.69 Å². The van der Waals surface area contributed by atoms with E-state index in [1.54, 1.807) is 0 Å². The van der Waals surface area contributed by atoms with Gasteiger partial charge >= 0.3 is 0 Å². The number of carbonyl (C=O) groups excluding carboxylic acids is 1. The van der Waals surface area contributed by atoms with Crippen LogP contribution >= 0.6 is 15.9 Å². The smallest absolute Gasteiger partial charge is 0.258 e. The van der Waals surface area contributed by atoms with Gasteiger partial charge in [-0.25, -0.2) is 0 Å². The van der Waals surface area contributed by atoms with Crippen LogP contribution in [0.25, 0.3) is 0 Å². The fraction of sp³-hybridized carbons (Fsp3) is 0.235. The van der Waals surface area contributed by atoms with Crippen LogP contribution in [0.5, 0.6) is 0 Å². The van der Waals surface area contributed by atoms with Gasteiger partial charge in [-0.3, -0.25) is 10.1 Å². The van der Waals surface area contributed by atoms with E-state index in [-0.39, 0.29) is 12.2 Å². The molecule has 22 heavy (non-hydrogen) atoms. The number of nitrogens with one attached hydrogen (secondary N) is 1. The van der Waals surface area contributed by atoms with Crippen molar-refractivity contribution in [1.29, 1.82) is 0 Å². The van der Waals surface area contributed by atoms with E-state index in [1.165, 1.54) is 0 Å². The monoisotopic (exact) mass is 357 g/mol. The lowest BCUT2D eigenvalue weighted by atomic mass is 10.1. The molecule has 0 aromatic heterocycles. The zero-order valence-electron chi connectivity index (χ0n) is 12.0. The number of anilines is 1. The first-order valence-corrected chi connectivity index (χ1v) is 8.18. The first-order valence-electron chi connectivity index (χ1n) is 7.38. The number of carbonyl (C=O) groups is 1. The third kappa shape index (κ3) is 2.21. The van der Waals surface area contributed by atoms with Gasteiger partial charge < -0.3 is 9.80 Å². The quantitative estimate of drug-likeness (QED) is 0.897. The second kappa shape index (κ2) is 5.41. The van der Waals surface area contributed by atoms with Gasteiger partial charge in [-0.1, -0.05) is 46.3 Å². The molecule has 0 saturated carbocycles. The highest BCUT2D eigenvalue weighted by atomic mass is 79.9. The molecule has 1 amide bonds. The van der Waals surface area contributed by atoms with Crippen molar-refractivity contribution in [2.45, 2.75) is 12.8 Å². The number of hydrogen-bond acceptors (Lipinski definition) is 3. The van der Waals surface area contributed by atoms with Crippen LogP contribution in [-0.2, 0) is 6.54 Å². The molecule has 1 N–H and O–H groups in total. The van der Waals surface area contributed by atoms with Crippen molar-refractivity contribution in [2.75, 3.05) is 18.0 Å². The first-order chi connectivity index (χ1) is 10.7. The molecule has 4 rings (SSSR count). The summed E-state index contributed by atoms with van der Waals surface area (Å²) in [5, 5.41) is 3.43. The maximum absolute atomic E-state index is 13.0. The van der Waals surface area contributed by atoms with Gasteiger partial charge in [0.2, 0.25) is 0 Å². The van der Waals surface area contributed by atoms with Crippen molar-refractivity contribution in [3.05, 3.63) is 64.1 Å². The van der Waals surface area contributed by atoms with E-state index in [4.69, 9.17) is 0 Å². The summed E-state index contributed by atoms with van der Waals surface area (Å²) < 4.78 is 0.935. The molecule has 2 heterocycles. The van der Waals surface area contributed by atoms with Gasteiger partial charge in [0.05, 0.1) is 11.3 Å². The Labute approximate surface area is 137 Å². The zero-order chi connectivity index (χ0) is 15.1. The zero-order valence-corrected chi connectivity index (χ0v) is 13.6. The Kier molecular flexibility index (Phi) is 3.39. The van der Waals surface area contributed by atoms with Crippen LogP contribution in [0.2, 0.25) is 0 Å². The summed E-state index contributed by atoms with van der Waals surface area (Å²) in [5.41, 5.74) is 2.93. The number of fused-ring (bicyclic) bond motifs is 3. The number of halogens is 1. The number of rotatable bonds is 2. The SMILES string of the molecule is O=C1c2cc(Br)ccc2N2CCNC2N1Cc1ccccc1. The molecule has 0 bridgehead atoms. The van der Waals surface area contributed by atoms with E-state index in [0.717, 1.165) is 34.4 Å². The number of hydrogen-bond donors (Lipinski definition) is 1. The molecule has 0 aliphatic carbocycles. The van der Waals surface area contributed by atoms with E-state index in [1.807, 2.05) is 41.3 Å². The summed E-state index contributed by atoms with van der Waals surface area (Å²) in [7, 11) is 0. The van der Waals surface area contributed by atoms with Crippen molar-refractivity contribution >= 4 is 27.5 Å². The molecule has 1 unspecified atom stereocenters. The van der Waals surface area contributed by atoms with E-state index < -0.39 is 0 Å². The van der Waals surface area contributed by atoms with Gasteiger partial charge in [0.25, 0.3) is 5.91 Å². The maximum atomic E-state index is 13.0. The fourth-order valence-corrected chi connectivity index (χ4v) is 3.57. The van der Waals surface area contributed by atoms with Crippen LogP contribution in [0, 0.1) is 0 Å². The van der Waals surface area contributed by atoms with E-state index in [0.29, 0.717) is 6.54 Å². The van der Waals surface area contributed by atoms with Crippen LogP contribution in [-0.4, -0.2) is 30.2 Å². The van der Waals surface area contributed by atoms with Crippen LogP contribution < -0.4 is 10.2 Å². The Hall–Kier alpha value is -1.85. The Morgan fingerprint density at radius 3 is 2.82 bits per heavy atom. The average molecular weight is 358 g/mol. The number of amides is 1. The lowest BCUT2D eigenvalue weighted by Crippen LogP contribution is -2.56. The molecule has 2 aliphatic rings. The topological polar surface area (TPSA) is 35.6 Å². The summed E-state index contributed by atoms with van der Waals surface area (Å²) in [5.74, 6) is 0.0794. The Bertz CT molecular complexity index is 719. The minimum atomic E-state index is -0.0543. The summed E-state index contributed by atoms with van der Waals surface area (Å²) in [6.45, 7) is 2.41. The van der Waals surface area contributed by atoms with Gasteiger partial charge in [-0.05, 0) is 23.8 Å². The van der Waals surface area contributed by atoms with Crippen LogP contribution in [0.1, 0.15) is 15.9 Å². The second-order valence-electron chi connectivity index (χ2n) is 5.60. The summed E-state index contributed by atoms with van der Waals surface area (Å²) >= 11 is 3.47. The highest BCUT2D eigenvalue weighted by molar-refractivity contribution is 9.10. The molecule has 0 radical (unpaired) electrons. The third-order valence-corrected chi connectivity index (χ3v) is 4.72. The van der Waals surface area contributed by atoms with E-state index in [2.05, 4.69) is 38.3 Å². The van der Waals surface area contributed by atoms with E-state index >= 15 is 0 Å². The number of benzene rings is 2. The molecule has 1 fully saturated rings. The average Bonchev–Trinajstić information content (AvgIpc) is 3.02. The summed E-state index contributed by atoms with van der Waals surface area (Å²) in [6, 6.07) is 16.1. The predicted octanol–water partition coefficient (Wildman–Crippen LogP) is 2.80. The molecular weight excluding hydrogens is 342 g/mol. The molecule has 1 atom stereocenters. The largest absolute Gasteiger partial charge is 0.337 e. The highest BCUT2D eigenvalue weighted by Crippen LogP contribution is 2.34. The molecule has 112 valence electrons. The molecule has 2 aliphatic heterocycles. The molecular formula is C17H16BrN3O. The normalized spacial score (nSPS) is 20.0. The van der Waals surface area contributed by atoms with Gasteiger partial charge in [0, 0.05) is 24.1 Å². The van der Waals surface area contributed by atoms with Crippen molar-refractivity contribution < 1.29 is 4.79 Å². The minimum absolute atomic E-state index is 0.0543. The number of nitrogens with zero attached hydrogens (tertiary/aromatic N) is 2. The third-order valence-electron chi connectivity index (χ3n) is 4.23. The lowest BCUT2D eigenvalue weighted by Gasteiger charge is -2.41. The van der Waals surface area contributed by atoms with Gasteiger partial charge in [0.15, 0.2) is 6.29 Å². The molecule has 4 nitrogen and oxygen atoms in total. The molecule has 0 spiro atoms. The standard InChI is InChI=1S/C17H16BrN3O/c18-13-6-7-15-14(10-13)16(22)21(17-19-8-9-20(15)17)11-12-4-2-1-3-5-12/h1-7,10,17,19H,8-9,11H2. The van der Waals surface area contributed by atoms with Crippen molar-refractivity contribution in [1.82, 2.24) is 10.2 Å². The fourth-order valence-electron chi connectivity index (χ4n) is 3.21. The first kappa shape index (κ1) is 13.8. The van der Waals surface area contributed by atoms with Crippen molar-refractivity contribution in [3.63, 3.8) is 0 Å². The Balaban J connectivity index is 1.74. The Morgan fingerprint density at radius 2 is 2.00 bits per heavy atom. The molecule has 5 heteroatoms. The predicted molar refractivity (Wildman–Crippen MR) is 89.6 cm³/mol.